The summed E-state index contributed by atoms with van der Waals surface area (Å²) in [5, 5.41) is 2.71. The second-order valence-electron chi connectivity index (χ2n) is 7.88. The van der Waals surface area contributed by atoms with Crippen LogP contribution in [-0.2, 0) is 14.9 Å². The molecule has 0 saturated carbocycles. The van der Waals surface area contributed by atoms with Crippen molar-refractivity contribution in [2.24, 2.45) is 0 Å². The van der Waals surface area contributed by atoms with Crippen molar-refractivity contribution in [2.45, 2.75) is 43.1 Å². The van der Waals surface area contributed by atoms with Gasteiger partial charge in [0.15, 0.2) is 0 Å². The summed E-state index contributed by atoms with van der Waals surface area (Å²) in [6.45, 7) is 4.72. The van der Waals surface area contributed by atoms with Gasteiger partial charge in [-0.15, -0.1) is 0 Å². The first-order valence-corrected chi connectivity index (χ1v) is 12.2. The number of alkyl carbamates (subject to hydrolysis) is 1. The van der Waals surface area contributed by atoms with E-state index in [-0.39, 0.29) is 20.3 Å². The fraction of sp³-hybridized carbons (Fsp3) is 0.364. The maximum absolute atomic E-state index is 13.9. The molecule has 12 heteroatoms. The summed E-state index contributed by atoms with van der Waals surface area (Å²) in [5.41, 5.74) is -0.0289. The van der Waals surface area contributed by atoms with Gasteiger partial charge in [0, 0.05) is 0 Å². The molecule has 186 valence electrons. The SMILES string of the molecule is COc1ccc(C[Se]C[C@H](NC(=O)OC(C)(C)C)C(=O)Oc2c(F)c(F)c(F)c(F)c2F)cc1. The van der Waals surface area contributed by atoms with Gasteiger partial charge in [-0.2, -0.15) is 0 Å². The Morgan fingerprint density at radius 3 is 1.97 bits per heavy atom. The number of hydrogen-bond donors (Lipinski definition) is 1. The third kappa shape index (κ3) is 7.33. The first kappa shape index (κ1) is 27.4. The van der Waals surface area contributed by atoms with Crippen LogP contribution in [0.1, 0.15) is 26.3 Å². The van der Waals surface area contributed by atoms with E-state index in [9.17, 15) is 31.5 Å². The van der Waals surface area contributed by atoms with E-state index >= 15 is 0 Å². The predicted octanol–water partition coefficient (Wildman–Crippen LogP) is 4.51. The number of ether oxygens (including phenoxy) is 3. The third-order valence-electron chi connectivity index (χ3n) is 4.06. The summed E-state index contributed by atoms with van der Waals surface area (Å²) in [5.74, 6) is -14.0. The van der Waals surface area contributed by atoms with Crippen LogP contribution >= 0.6 is 0 Å². The Morgan fingerprint density at radius 2 is 1.47 bits per heavy atom. The summed E-state index contributed by atoms with van der Waals surface area (Å²) < 4.78 is 82.7. The Labute approximate surface area is 198 Å². The summed E-state index contributed by atoms with van der Waals surface area (Å²) in [4.78, 5) is 24.7. The van der Waals surface area contributed by atoms with Gasteiger partial charge in [0.1, 0.15) is 0 Å². The number of amides is 1. The van der Waals surface area contributed by atoms with Crippen molar-refractivity contribution in [3.63, 3.8) is 0 Å². The number of hydrogen-bond acceptors (Lipinski definition) is 5. The van der Waals surface area contributed by atoms with Gasteiger partial charge in [0.2, 0.25) is 0 Å². The van der Waals surface area contributed by atoms with Crippen LogP contribution in [0.15, 0.2) is 24.3 Å². The normalized spacial score (nSPS) is 12.1. The molecule has 0 spiro atoms. The molecule has 1 N–H and O–H groups in total. The molecule has 2 aromatic rings. The van der Waals surface area contributed by atoms with Crippen molar-refractivity contribution in [3.05, 3.63) is 58.9 Å². The average molecular weight is 554 g/mol. The van der Waals surface area contributed by atoms with Gasteiger partial charge >= 0.3 is 199 Å². The molecule has 0 fully saturated rings. The molecule has 6 nitrogen and oxygen atoms in total. The molecular weight excluding hydrogens is 532 g/mol. The zero-order chi connectivity index (χ0) is 25.6. The molecule has 0 saturated heterocycles. The van der Waals surface area contributed by atoms with Crippen molar-refractivity contribution < 1.29 is 45.8 Å². The first-order valence-electron chi connectivity index (χ1n) is 9.77. The molecule has 0 aliphatic heterocycles. The van der Waals surface area contributed by atoms with Gasteiger partial charge in [0.05, 0.1) is 0 Å². The van der Waals surface area contributed by atoms with Crippen LogP contribution < -0.4 is 14.8 Å². The monoisotopic (exact) mass is 555 g/mol. The van der Waals surface area contributed by atoms with E-state index in [4.69, 9.17) is 9.47 Å². The Hall–Kier alpha value is -2.85. The summed E-state index contributed by atoms with van der Waals surface area (Å²) in [6.07, 6.45) is -1.02. The number of carbonyl (C=O) groups is 2. The van der Waals surface area contributed by atoms with Crippen LogP contribution in [0.3, 0.4) is 0 Å². The van der Waals surface area contributed by atoms with Gasteiger partial charge in [-0.25, -0.2) is 0 Å². The number of halogens is 5. The van der Waals surface area contributed by atoms with Gasteiger partial charge in [-0.3, -0.25) is 0 Å². The molecular formula is C22H22F5NO5Se. The molecule has 0 unspecified atom stereocenters. The Bertz CT molecular complexity index is 1010. The van der Waals surface area contributed by atoms with Gasteiger partial charge < -0.3 is 0 Å². The zero-order valence-corrected chi connectivity index (χ0v) is 20.4. The first-order chi connectivity index (χ1) is 15.8. The van der Waals surface area contributed by atoms with Gasteiger partial charge in [0.25, 0.3) is 0 Å². The molecule has 1 atom stereocenters. The molecule has 0 aliphatic rings. The van der Waals surface area contributed by atoms with E-state index in [1.807, 2.05) is 0 Å². The standard InChI is InChI=1S/C22H22F5NO5Se/c1-22(2,3)33-21(30)28-13(10-34-9-11-5-7-12(31-4)8-6-11)20(29)32-19-17(26)15(24)14(23)16(25)18(19)27/h5-8,13H,9-10H2,1-4H3,(H,28,30)/t13-/m0/s1. The minimum absolute atomic E-state index is 0.0213. The molecule has 0 aromatic heterocycles. The molecule has 0 aliphatic carbocycles. The number of benzene rings is 2. The van der Waals surface area contributed by atoms with E-state index < -0.39 is 58.5 Å². The quantitative estimate of drug-likeness (QED) is 0.130. The van der Waals surface area contributed by atoms with E-state index in [0.717, 1.165) is 5.56 Å². The molecule has 0 radical (unpaired) electrons. The van der Waals surface area contributed by atoms with Crippen molar-refractivity contribution >= 4 is 27.0 Å². The second kappa shape index (κ2) is 11.5. The summed E-state index contributed by atoms with van der Waals surface area (Å²) >= 11 is -0.344. The van der Waals surface area contributed by atoms with Crippen molar-refractivity contribution in [1.82, 2.24) is 5.32 Å². The van der Waals surface area contributed by atoms with E-state index in [2.05, 4.69) is 10.1 Å². The molecule has 0 heterocycles. The molecule has 1 amide bonds. The third-order valence-corrected chi connectivity index (χ3v) is 6.38. The fourth-order valence-corrected chi connectivity index (χ4v) is 4.58. The average Bonchev–Trinajstić information content (AvgIpc) is 2.77. The Balaban J connectivity index is 2.19. The van der Waals surface area contributed by atoms with Crippen molar-refractivity contribution in [3.8, 4) is 11.5 Å². The Morgan fingerprint density at radius 1 is 0.941 bits per heavy atom. The summed E-state index contributed by atoms with van der Waals surface area (Å²) in [7, 11) is 1.52. The number of esters is 1. The fourth-order valence-electron chi connectivity index (χ4n) is 2.48. The summed E-state index contributed by atoms with van der Waals surface area (Å²) in [6, 6.07) is 5.59. The topological polar surface area (TPSA) is 73.9 Å². The van der Waals surface area contributed by atoms with Crippen LogP contribution in [0.2, 0.25) is 5.32 Å². The molecule has 2 aromatic carbocycles. The van der Waals surface area contributed by atoms with Crippen LogP contribution in [0.4, 0.5) is 26.7 Å². The molecule has 34 heavy (non-hydrogen) atoms. The van der Waals surface area contributed by atoms with E-state index in [1.54, 1.807) is 45.0 Å². The predicted molar refractivity (Wildman–Crippen MR) is 112 cm³/mol. The minimum atomic E-state index is -2.39. The van der Waals surface area contributed by atoms with E-state index in [1.165, 1.54) is 7.11 Å². The van der Waals surface area contributed by atoms with Crippen LogP contribution in [0.5, 0.6) is 11.5 Å². The second-order valence-corrected chi connectivity index (χ2v) is 10.0. The number of rotatable bonds is 8. The Kier molecular flexibility index (Phi) is 9.28. The zero-order valence-electron chi connectivity index (χ0n) is 18.6. The van der Waals surface area contributed by atoms with Crippen LogP contribution in [0.25, 0.3) is 0 Å². The number of nitrogens with one attached hydrogen (secondary N) is 1. The van der Waals surface area contributed by atoms with Gasteiger partial charge in [-0.1, -0.05) is 0 Å². The molecule has 0 bridgehead atoms. The van der Waals surface area contributed by atoms with Crippen molar-refractivity contribution in [1.29, 1.82) is 0 Å². The number of carbonyl (C=O) groups excluding carboxylic acids is 2. The van der Waals surface area contributed by atoms with Crippen molar-refractivity contribution in [2.75, 3.05) is 7.11 Å². The molecule has 2 rings (SSSR count). The number of methoxy groups -OCH3 is 1. The van der Waals surface area contributed by atoms with E-state index in [0.29, 0.717) is 11.1 Å². The maximum atomic E-state index is 13.9. The van der Waals surface area contributed by atoms with Crippen LogP contribution in [-0.4, -0.2) is 45.8 Å². The van der Waals surface area contributed by atoms with Crippen LogP contribution in [0, 0.1) is 29.1 Å². The van der Waals surface area contributed by atoms with Gasteiger partial charge in [-0.05, 0) is 0 Å².